The van der Waals surface area contributed by atoms with Gasteiger partial charge in [0.05, 0.1) is 28.4 Å². The van der Waals surface area contributed by atoms with Gasteiger partial charge in [0, 0.05) is 34.3 Å². The maximum absolute atomic E-state index is 6.63. The van der Waals surface area contributed by atoms with Crippen LogP contribution in [-0.4, -0.2) is 18.8 Å². The molecule has 11 rings (SSSR count). The van der Waals surface area contributed by atoms with Gasteiger partial charge in [-0.1, -0.05) is 173 Å². The fraction of sp³-hybridized carbons (Fsp3) is 0. The molecule has 0 saturated heterocycles. The Morgan fingerprint density at radius 1 is 0.444 bits per heavy atom. The molecule has 4 heterocycles. The summed E-state index contributed by atoms with van der Waals surface area (Å²) in [5, 5.41) is 6.16. The molecule has 0 fully saturated rings. The van der Waals surface area contributed by atoms with Crippen molar-refractivity contribution in [2.75, 3.05) is 0 Å². The van der Waals surface area contributed by atoms with Gasteiger partial charge >= 0.3 is 20.4 Å². The maximum Gasteiger partial charge on any atom is 2.00 e. The van der Waals surface area contributed by atoms with Crippen LogP contribution in [0.2, 0.25) is 0 Å². The third-order valence-electron chi connectivity index (χ3n) is 10.2. The van der Waals surface area contributed by atoms with Crippen LogP contribution in [-0.2, 0) is 20.4 Å². The van der Waals surface area contributed by atoms with Crippen LogP contribution < -0.4 is 4.74 Å². The molecule has 6 heteroatoms. The molecule has 0 bridgehead atoms. The first kappa shape index (κ1) is 32.1. The minimum Gasteiger partial charge on any atom is -0.497 e. The average Bonchev–Trinajstić information content (AvgIpc) is 3.86. The second-order valence-corrected chi connectivity index (χ2v) is 13.2. The molecule has 54 heavy (non-hydrogen) atoms. The van der Waals surface area contributed by atoms with Gasteiger partial charge < -0.3 is 13.5 Å². The molecule has 0 aliphatic heterocycles. The Balaban J connectivity index is 0.00000361. The van der Waals surface area contributed by atoms with E-state index < -0.39 is 0 Å². The summed E-state index contributed by atoms with van der Waals surface area (Å²) >= 11 is 0. The molecule has 0 spiro atoms. The fourth-order valence-electron chi connectivity index (χ4n) is 7.85. The predicted octanol–water partition coefficient (Wildman–Crippen LogP) is 12.0. The van der Waals surface area contributed by atoms with Crippen LogP contribution in [0.4, 0.5) is 0 Å². The van der Waals surface area contributed by atoms with Gasteiger partial charge in [-0.15, -0.1) is 12.1 Å². The van der Waals surface area contributed by atoms with E-state index in [4.69, 9.17) is 14.7 Å². The number of aromatic nitrogens is 4. The first-order valence-corrected chi connectivity index (χ1v) is 17.7. The number of pyridine rings is 2. The Morgan fingerprint density at radius 2 is 0.944 bits per heavy atom. The molecule has 0 amide bonds. The Morgan fingerprint density at radius 3 is 1.56 bits per heavy atom. The molecule has 0 N–H and O–H groups in total. The summed E-state index contributed by atoms with van der Waals surface area (Å²) in [7, 11) is 0. The van der Waals surface area contributed by atoms with E-state index in [1.165, 1.54) is 0 Å². The van der Waals surface area contributed by atoms with Crippen LogP contribution in [0.3, 0.4) is 0 Å². The van der Waals surface area contributed by atoms with Crippen LogP contribution in [0, 0.1) is 12.1 Å². The van der Waals surface area contributed by atoms with Gasteiger partial charge in [0.1, 0.15) is 0 Å². The molecule has 0 saturated carbocycles. The zero-order chi connectivity index (χ0) is 34.9. The minimum absolute atomic E-state index is 0. The van der Waals surface area contributed by atoms with Crippen molar-refractivity contribution < 1.29 is 25.2 Å². The number of para-hydroxylation sites is 2. The number of nitrogens with zero attached hydrogens (tertiary/aromatic N) is 4. The number of imidazole rings is 2. The van der Waals surface area contributed by atoms with Gasteiger partial charge in [-0.3, -0.25) is 9.97 Å². The van der Waals surface area contributed by atoms with Crippen molar-refractivity contribution in [2.45, 2.75) is 0 Å². The van der Waals surface area contributed by atoms with E-state index in [9.17, 15) is 0 Å². The van der Waals surface area contributed by atoms with Crippen molar-refractivity contribution in [2.24, 2.45) is 0 Å². The van der Waals surface area contributed by atoms with Gasteiger partial charge in [0.25, 0.3) is 0 Å². The van der Waals surface area contributed by atoms with Gasteiger partial charge in [-0.25, -0.2) is 0 Å². The van der Waals surface area contributed by atoms with Gasteiger partial charge in [-0.05, 0) is 34.0 Å². The summed E-state index contributed by atoms with van der Waals surface area (Å²) in [6.07, 6.45) is 1.95. The molecule has 7 aromatic carbocycles. The van der Waals surface area contributed by atoms with E-state index in [0.29, 0.717) is 11.5 Å². The average molecular weight is 783 g/mol. The standard InChI is InChI=1S/C48H28N4O.Pd/c1-4-14-31(15-5-1)44-30-49-47-40-28-34(24-26-36(40)38-20-10-12-22-42(38)51(44)47)53-35-25-27-37-39-21-11-13-23-43(39)52-46(33-18-8-3-9-19-33)45(32-16-6-2-7-17-32)50-48(52)41(37)29-35;/h1-27,30H;/q-2;+2. The topological polar surface area (TPSA) is 43.8 Å². The largest absolute Gasteiger partial charge is 2.00 e. The molecule has 0 unspecified atom stereocenters. The van der Waals surface area contributed by atoms with Crippen molar-refractivity contribution in [3.05, 3.63) is 182 Å². The van der Waals surface area contributed by atoms with Crippen LogP contribution in [0.1, 0.15) is 0 Å². The van der Waals surface area contributed by atoms with Crippen LogP contribution in [0.5, 0.6) is 11.5 Å². The number of fused-ring (bicyclic) bond motifs is 12. The second kappa shape index (κ2) is 12.8. The predicted molar refractivity (Wildman–Crippen MR) is 214 cm³/mol. The maximum atomic E-state index is 6.63. The summed E-state index contributed by atoms with van der Waals surface area (Å²) in [5.74, 6) is 1.17. The van der Waals surface area contributed by atoms with Crippen molar-refractivity contribution in [3.63, 3.8) is 0 Å². The zero-order valence-electron chi connectivity index (χ0n) is 28.7. The van der Waals surface area contributed by atoms with Gasteiger partial charge in [0.15, 0.2) is 0 Å². The third kappa shape index (κ3) is 4.96. The molecular formula is C48H28N4OPd. The number of ether oxygens (including phenoxy) is 1. The molecule has 0 atom stereocenters. The molecular weight excluding hydrogens is 755 g/mol. The summed E-state index contributed by atoms with van der Waals surface area (Å²) in [6, 6.07) is 63.7. The van der Waals surface area contributed by atoms with Gasteiger partial charge in [-0.2, -0.15) is 0 Å². The first-order chi connectivity index (χ1) is 26.3. The van der Waals surface area contributed by atoms with Crippen molar-refractivity contribution in [1.82, 2.24) is 18.8 Å². The Labute approximate surface area is 324 Å². The van der Waals surface area contributed by atoms with Crippen molar-refractivity contribution in [3.8, 4) is 45.3 Å². The Hall–Kier alpha value is -6.58. The smallest absolute Gasteiger partial charge is 0.497 e. The van der Waals surface area contributed by atoms with Crippen molar-refractivity contribution >= 4 is 54.6 Å². The molecule has 0 aliphatic rings. The monoisotopic (exact) mass is 782 g/mol. The molecule has 5 nitrogen and oxygen atoms in total. The number of hydrogen-bond acceptors (Lipinski definition) is 3. The molecule has 256 valence electrons. The van der Waals surface area contributed by atoms with Crippen LogP contribution >= 0.6 is 0 Å². The fourth-order valence-corrected chi connectivity index (χ4v) is 7.85. The normalized spacial score (nSPS) is 11.6. The molecule has 4 aromatic heterocycles. The Kier molecular flexibility index (Phi) is 7.62. The van der Waals surface area contributed by atoms with Gasteiger partial charge in [0.2, 0.25) is 0 Å². The van der Waals surface area contributed by atoms with E-state index in [0.717, 1.165) is 88.4 Å². The summed E-state index contributed by atoms with van der Waals surface area (Å²) in [5.41, 5.74) is 10.1. The molecule has 0 aliphatic carbocycles. The van der Waals surface area contributed by atoms with Crippen LogP contribution in [0.15, 0.2) is 170 Å². The van der Waals surface area contributed by atoms with E-state index in [-0.39, 0.29) is 20.4 Å². The minimum atomic E-state index is 0. The Bertz CT molecular complexity index is 3190. The molecule has 0 radical (unpaired) electrons. The summed E-state index contributed by atoms with van der Waals surface area (Å²) in [4.78, 5) is 10.3. The SMILES string of the molecule is [Pd+2].[c-]1c(Oc2[c-]c3c(cc2)c2ccccc2n2c(-c4ccccc4)c(-c4ccccc4)nc32)ccc2c1c1ncc(-c3ccccc3)n1c1ccccc21. The van der Waals surface area contributed by atoms with E-state index in [1.54, 1.807) is 0 Å². The quantitative estimate of drug-likeness (QED) is 0.0992. The third-order valence-corrected chi connectivity index (χ3v) is 10.2. The van der Waals surface area contributed by atoms with E-state index >= 15 is 0 Å². The summed E-state index contributed by atoms with van der Waals surface area (Å²) in [6.45, 7) is 0. The second-order valence-electron chi connectivity index (χ2n) is 13.2. The number of rotatable bonds is 5. The van der Waals surface area contributed by atoms with Crippen LogP contribution in [0.25, 0.3) is 88.4 Å². The zero-order valence-corrected chi connectivity index (χ0v) is 30.2. The molecule has 11 aromatic rings. The summed E-state index contributed by atoms with van der Waals surface area (Å²) < 4.78 is 11.1. The first-order valence-electron chi connectivity index (χ1n) is 17.7. The van der Waals surface area contributed by atoms with Crippen molar-refractivity contribution in [1.29, 1.82) is 0 Å². The van der Waals surface area contributed by atoms with E-state index in [1.807, 2.05) is 36.5 Å². The number of benzene rings is 7. The number of hydrogen-bond donors (Lipinski definition) is 0. The van der Waals surface area contributed by atoms with E-state index in [2.05, 4.69) is 154 Å².